The normalized spacial score (nSPS) is 18.2. The smallest absolute Gasteiger partial charge is 0.295 e. The Balaban J connectivity index is 1.89. The quantitative estimate of drug-likeness (QED) is 0.419. The Kier molecular flexibility index (Phi) is 4.91. The van der Waals surface area contributed by atoms with Crippen LogP contribution in [-0.2, 0) is 16.1 Å². The fourth-order valence-electron chi connectivity index (χ4n) is 3.50. The van der Waals surface area contributed by atoms with Gasteiger partial charge in [-0.1, -0.05) is 54.6 Å². The maximum atomic E-state index is 14.7. The molecule has 1 amide bonds. The lowest BCUT2D eigenvalue weighted by atomic mass is 9.95. The molecule has 0 aliphatic carbocycles. The molecule has 0 saturated carbocycles. The molecule has 1 saturated heterocycles. The van der Waals surface area contributed by atoms with Crippen molar-refractivity contribution in [1.29, 1.82) is 0 Å². The van der Waals surface area contributed by atoms with E-state index in [1.807, 2.05) is 0 Å². The summed E-state index contributed by atoms with van der Waals surface area (Å²) in [6.07, 6.45) is 3.18. The van der Waals surface area contributed by atoms with E-state index >= 15 is 0 Å². The number of benzene rings is 2. The van der Waals surface area contributed by atoms with E-state index < -0.39 is 23.5 Å². The Morgan fingerprint density at radius 3 is 2.41 bits per heavy atom. The predicted octanol–water partition coefficient (Wildman–Crippen LogP) is 3.84. The lowest BCUT2D eigenvalue weighted by Gasteiger charge is -2.25. The van der Waals surface area contributed by atoms with Gasteiger partial charge < -0.3 is 10.0 Å². The highest BCUT2D eigenvalue weighted by molar-refractivity contribution is 6.46. The van der Waals surface area contributed by atoms with E-state index in [4.69, 9.17) is 0 Å². The standard InChI is InChI=1S/C23H17FN2O3/c24-18-11-5-4-10-17(18)20-19(21(27)16-8-2-1-3-9-16)22(28)23(29)26(20)14-15-7-6-12-25-13-15/h1-13,20,27H,14H2/t20-/m0/s1. The summed E-state index contributed by atoms with van der Waals surface area (Å²) < 4.78 is 14.7. The van der Waals surface area contributed by atoms with E-state index in [1.54, 1.807) is 60.9 Å². The number of rotatable bonds is 4. The van der Waals surface area contributed by atoms with Crippen molar-refractivity contribution < 1.29 is 19.1 Å². The number of aliphatic hydroxyl groups is 1. The molecule has 2 aromatic carbocycles. The monoisotopic (exact) mass is 388 g/mol. The number of aliphatic hydroxyl groups excluding tert-OH is 1. The number of Topliss-reactive ketones (excluding diaryl/α,β-unsaturated/α-hetero) is 1. The molecule has 1 N–H and O–H groups in total. The highest BCUT2D eigenvalue weighted by Crippen LogP contribution is 2.40. The van der Waals surface area contributed by atoms with Gasteiger partial charge in [0.05, 0.1) is 11.6 Å². The first-order valence-electron chi connectivity index (χ1n) is 9.05. The molecule has 29 heavy (non-hydrogen) atoms. The number of hydrogen-bond acceptors (Lipinski definition) is 4. The van der Waals surface area contributed by atoms with E-state index in [2.05, 4.69) is 4.98 Å². The lowest BCUT2D eigenvalue weighted by Crippen LogP contribution is -2.29. The molecule has 0 radical (unpaired) electrons. The van der Waals surface area contributed by atoms with Gasteiger partial charge in [-0.3, -0.25) is 14.6 Å². The molecule has 1 atom stereocenters. The molecule has 144 valence electrons. The Labute approximate surface area is 166 Å². The number of halogens is 1. The summed E-state index contributed by atoms with van der Waals surface area (Å²) in [6, 6.07) is 16.8. The van der Waals surface area contributed by atoms with Gasteiger partial charge in [-0.15, -0.1) is 0 Å². The van der Waals surface area contributed by atoms with Gasteiger partial charge in [0.1, 0.15) is 11.6 Å². The number of hydrogen-bond donors (Lipinski definition) is 1. The second-order valence-electron chi connectivity index (χ2n) is 6.68. The number of aromatic nitrogens is 1. The van der Waals surface area contributed by atoms with Crippen molar-refractivity contribution in [2.75, 3.05) is 0 Å². The Hall–Kier alpha value is -3.80. The van der Waals surface area contributed by atoms with Gasteiger partial charge in [0, 0.05) is 30.1 Å². The third-order valence-corrected chi connectivity index (χ3v) is 4.86. The minimum atomic E-state index is -1.04. The third kappa shape index (κ3) is 3.40. The van der Waals surface area contributed by atoms with E-state index in [0.717, 1.165) is 0 Å². The SMILES string of the molecule is O=C1C(=O)N(Cc2cccnc2)[C@@H](c2ccccc2F)C1=C(O)c1ccccc1. The Morgan fingerprint density at radius 2 is 1.72 bits per heavy atom. The van der Waals surface area contributed by atoms with Gasteiger partial charge in [-0.2, -0.15) is 0 Å². The molecule has 6 heteroatoms. The zero-order valence-corrected chi connectivity index (χ0v) is 15.3. The van der Waals surface area contributed by atoms with Crippen molar-refractivity contribution in [3.05, 3.63) is 107 Å². The molecule has 1 fully saturated rings. The van der Waals surface area contributed by atoms with E-state index in [9.17, 15) is 19.1 Å². The fourth-order valence-corrected chi connectivity index (χ4v) is 3.50. The molecule has 1 aliphatic heterocycles. The van der Waals surface area contributed by atoms with Crippen LogP contribution in [0.2, 0.25) is 0 Å². The van der Waals surface area contributed by atoms with Crippen LogP contribution in [0.3, 0.4) is 0 Å². The maximum absolute atomic E-state index is 14.7. The maximum Gasteiger partial charge on any atom is 0.295 e. The summed E-state index contributed by atoms with van der Waals surface area (Å²) >= 11 is 0. The van der Waals surface area contributed by atoms with Crippen LogP contribution in [0.15, 0.2) is 84.7 Å². The number of carbonyl (C=O) groups is 2. The summed E-state index contributed by atoms with van der Waals surface area (Å²) in [5, 5.41) is 10.9. The topological polar surface area (TPSA) is 70.5 Å². The lowest BCUT2D eigenvalue weighted by molar-refractivity contribution is -0.140. The first kappa shape index (κ1) is 18.6. The number of nitrogens with zero attached hydrogens (tertiary/aromatic N) is 2. The van der Waals surface area contributed by atoms with Gasteiger partial charge in [0.2, 0.25) is 0 Å². The van der Waals surface area contributed by atoms with Crippen LogP contribution < -0.4 is 0 Å². The number of amides is 1. The van der Waals surface area contributed by atoms with Crippen LogP contribution >= 0.6 is 0 Å². The van der Waals surface area contributed by atoms with Gasteiger partial charge in [-0.25, -0.2) is 4.39 Å². The molecule has 5 nitrogen and oxygen atoms in total. The minimum Gasteiger partial charge on any atom is -0.507 e. The first-order chi connectivity index (χ1) is 14.1. The fraction of sp³-hybridized carbons (Fsp3) is 0.0870. The van der Waals surface area contributed by atoms with Crippen molar-refractivity contribution >= 4 is 17.4 Å². The van der Waals surface area contributed by atoms with Gasteiger partial charge in [0.25, 0.3) is 11.7 Å². The zero-order valence-electron chi connectivity index (χ0n) is 15.3. The van der Waals surface area contributed by atoms with Crippen molar-refractivity contribution in [3.8, 4) is 0 Å². The number of pyridine rings is 1. The van der Waals surface area contributed by atoms with Crippen LogP contribution in [0.4, 0.5) is 4.39 Å². The summed E-state index contributed by atoms with van der Waals surface area (Å²) in [7, 11) is 0. The van der Waals surface area contributed by atoms with Crippen LogP contribution in [-0.4, -0.2) is 26.7 Å². The summed E-state index contributed by atoms with van der Waals surface area (Å²) in [4.78, 5) is 31.0. The number of ketones is 1. The molecule has 0 unspecified atom stereocenters. The molecule has 4 rings (SSSR count). The van der Waals surface area contributed by atoms with Gasteiger partial charge >= 0.3 is 0 Å². The Morgan fingerprint density at radius 1 is 1.00 bits per heavy atom. The van der Waals surface area contributed by atoms with Crippen molar-refractivity contribution in [2.24, 2.45) is 0 Å². The molecule has 3 aromatic rings. The average molecular weight is 388 g/mol. The highest BCUT2D eigenvalue weighted by Gasteiger charge is 2.46. The van der Waals surface area contributed by atoms with Crippen LogP contribution in [0, 0.1) is 5.82 Å². The number of likely N-dealkylation sites (tertiary alicyclic amines) is 1. The largest absolute Gasteiger partial charge is 0.507 e. The molecule has 2 heterocycles. The highest BCUT2D eigenvalue weighted by atomic mass is 19.1. The molecular weight excluding hydrogens is 371 g/mol. The second-order valence-corrected chi connectivity index (χ2v) is 6.68. The third-order valence-electron chi connectivity index (χ3n) is 4.86. The van der Waals surface area contributed by atoms with Crippen LogP contribution in [0.1, 0.15) is 22.7 Å². The summed E-state index contributed by atoms with van der Waals surface area (Å²) in [5.41, 5.74) is 1.09. The predicted molar refractivity (Wildman–Crippen MR) is 105 cm³/mol. The summed E-state index contributed by atoms with van der Waals surface area (Å²) in [5.74, 6) is -2.52. The van der Waals surface area contributed by atoms with E-state index in [1.165, 1.54) is 23.1 Å². The van der Waals surface area contributed by atoms with Crippen molar-refractivity contribution in [2.45, 2.75) is 12.6 Å². The molecule has 0 bridgehead atoms. The average Bonchev–Trinajstić information content (AvgIpc) is 3.00. The van der Waals surface area contributed by atoms with E-state index in [-0.39, 0.29) is 23.4 Å². The molecular formula is C23H17FN2O3. The molecule has 1 aliphatic rings. The summed E-state index contributed by atoms with van der Waals surface area (Å²) in [6.45, 7) is 0.0585. The molecule has 1 aromatic heterocycles. The molecule has 0 spiro atoms. The second kappa shape index (κ2) is 7.67. The van der Waals surface area contributed by atoms with Gasteiger partial charge in [-0.05, 0) is 17.7 Å². The first-order valence-corrected chi connectivity index (χ1v) is 9.05. The zero-order chi connectivity index (χ0) is 20.4. The van der Waals surface area contributed by atoms with Crippen molar-refractivity contribution in [3.63, 3.8) is 0 Å². The number of carbonyl (C=O) groups excluding carboxylic acids is 2. The minimum absolute atomic E-state index is 0.0585. The van der Waals surface area contributed by atoms with Crippen LogP contribution in [0.5, 0.6) is 0 Å². The Bertz CT molecular complexity index is 1100. The van der Waals surface area contributed by atoms with Gasteiger partial charge in [0.15, 0.2) is 0 Å². The van der Waals surface area contributed by atoms with E-state index in [0.29, 0.717) is 11.1 Å². The van der Waals surface area contributed by atoms with Crippen LogP contribution in [0.25, 0.3) is 5.76 Å². The van der Waals surface area contributed by atoms with Crippen molar-refractivity contribution in [1.82, 2.24) is 9.88 Å².